The molecule has 1 N–H and O–H groups in total. The second-order valence-electron chi connectivity index (χ2n) is 6.80. The van der Waals surface area contributed by atoms with Crippen molar-refractivity contribution in [1.29, 1.82) is 0 Å². The van der Waals surface area contributed by atoms with E-state index in [9.17, 15) is 0 Å². The Kier molecular flexibility index (Phi) is 5.65. The van der Waals surface area contributed by atoms with Crippen molar-refractivity contribution < 1.29 is 4.74 Å². The average molecular weight is 290 g/mol. The summed E-state index contributed by atoms with van der Waals surface area (Å²) >= 11 is 0. The van der Waals surface area contributed by atoms with E-state index in [1.165, 1.54) is 18.5 Å². The maximum atomic E-state index is 5.68. The molecule has 21 heavy (non-hydrogen) atoms. The number of benzene rings is 1. The van der Waals surface area contributed by atoms with Crippen LogP contribution in [0.2, 0.25) is 0 Å². The quantitative estimate of drug-likeness (QED) is 0.900. The summed E-state index contributed by atoms with van der Waals surface area (Å²) in [4.78, 5) is 2.46. The Bertz CT molecular complexity index is 429. The molecule has 1 fully saturated rings. The molecule has 0 saturated carbocycles. The Morgan fingerprint density at radius 3 is 2.52 bits per heavy atom. The van der Waals surface area contributed by atoms with Crippen LogP contribution in [0.15, 0.2) is 24.3 Å². The van der Waals surface area contributed by atoms with Gasteiger partial charge in [0.1, 0.15) is 5.75 Å². The third kappa shape index (κ3) is 4.72. The van der Waals surface area contributed by atoms with E-state index in [2.05, 4.69) is 69.2 Å². The third-order valence-corrected chi connectivity index (χ3v) is 4.47. The van der Waals surface area contributed by atoms with E-state index < -0.39 is 0 Å². The maximum absolute atomic E-state index is 5.68. The largest absolute Gasteiger partial charge is 0.491 e. The van der Waals surface area contributed by atoms with Gasteiger partial charge in [-0.1, -0.05) is 19.1 Å². The first-order chi connectivity index (χ1) is 9.95. The van der Waals surface area contributed by atoms with Crippen LogP contribution >= 0.6 is 0 Å². The number of nitrogens with one attached hydrogen (secondary N) is 1. The lowest BCUT2D eigenvalue weighted by Gasteiger charge is -2.40. The number of nitrogens with zero attached hydrogens (tertiary/aromatic N) is 1. The summed E-state index contributed by atoms with van der Waals surface area (Å²) in [7, 11) is 2.23. The molecule has 0 amide bonds. The molecule has 3 heteroatoms. The number of hydrogen-bond donors (Lipinski definition) is 1. The highest BCUT2D eigenvalue weighted by Gasteiger charge is 2.28. The predicted octanol–water partition coefficient (Wildman–Crippen LogP) is 3.29. The van der Waals surface area contributed by atoms with Gasteiger partial charge in [-0.2, -0.15) is 0 Å². The van der Waals surface area contributed by atoms with E-state index in [1.807, 2.05) is 0 Å². The first-order valence-corrected chi connectivity index (χ1v) is 8.15. The van der Waals surface area contributed by atoms with Gasteiger partial charge in [0.25, 0.3) is 0 Å². The van der Waals surface area contributed by atoms with Crippen molar-refractivity contribution in [2.75, 3.05) is 13.6 Å². The predicted molar refractivity (Wildman–Crippen MR) is 88.7 cm³/mol. The highest BCUT2D eigenvalue weighted by molar-refractivity contribution is 5.27. The van der Waals surface area contributed by atoms with E-state index in [4.69, 9.17) is 4.74 Å². The summed E-state index contributed by atoms with van der Waals surface area (Å²) in [5, 5.41) is 3.73. The fraction of sp³-hybridized carbons (Fsp3) is 0.667. The zero-order chi connectivity index (χ0) is 15.4. The summed E-state index contributed by atoms with van der Waals surface area (Å²) in [5.74, 6) is 1.66. The van der Waals surface area contributed by atoms with Crippen molar-refractivity contribution in [2.24, 2.45) is 5.92 Å². The van der Waals surface area contributed by atoms with Crippen molar-refractivity contribution in [3.8, 4) is 5.75 Å². The number of hydrogen-bond acceptors (Lipinski definition) is 3. The Labute approximate surface area is 129 Å². The normalized spacial score (nSPS) is 27.0. The van der Waals surface area contributed by atoms with Crippen LogP contribution in [-0.2, 0) is 6.54 Å². The summed E-state index contributed by atoms with van der Waals surface area (Å²) in [5.41, 5.74) is 1.32. The zero-order valence-corrected chi connectivity index (χ0v) is 14.1. The van der Waals surface area contributed by atoms with Gasteiger partial charge in [0, 0.05) is 25.2 Å². The van der Waals surface area contributed by atoms with Crippen LogP contribution in [0, 0.1) is 5.92 Å². The summed E-state index contributed by atoms with van der Waals surface area (Å²) in [6.07, 6.45) is 1.46. The molecular weight excluding hydrogens is 260 g/mol. The first kappa shape index (κ1) is 16.3. The lowest BCUT2D eigenvalue weighted by Crippen LogP contribution is -2.50. The highest BCUT2D eigenvalue weighted by atomic mass is 16.5. The van der Waals surface area contributed by atoms with Crippen LogP contribution in [0.4, 0.5) is 0 Å². The summed E-state index contributed by atoms with van der Waals surface area (Å²) in [6.45, 7) is 10.9. The van der Waals surface area contributed by atoms with Gasteiger partial charge >= 0.3 is 0 Å². The van der Waals surface area contributed by atoms with Crippen molar-refractivity contribution in [3.63, 3.8) is 0 Å². The zero-order valence-electron chi connectivity index (χ0n) is 14.1. The van der Waals surface area contributed by atoms with E-state index in [-0.39, 0.29) is 6.10 Å². The molecular formula is C18H30N2O. The van der Waals surface area contributed by atoms with Gasteiger partial charge in [-0.05, 0) is 57.9 Å². The molecule has 1 heterocycles. The molecule has 0 unspecified atom stereocenters. The molecule has 0 bridgehead atoms. The fourth-order valence-corrected chi connectivity index (χ4v) is 3.03. The Morgan fingerprint density at radius 1 is 1.24 bits per heavy atom. The molecule has 1 aliphatic rings. The van der Waals surface area contributed by atoms with Gasteiger partial charge in [0.15, 0.2) is 0 Å². The van der Waals surface area contributed by atoms with E-state index in [0.29, 0.717) is 18.0 Å². The minimum atomic E-state index is 0.232. The summed E-state index contributed by atoms with van der Waals surface area (Å²) in [6, 6.07) is 9.74. The molecule has 3 nitrogen and oxygen atoms in total. The molecule has 0 aromatic heterocycles. The van der Waals surface area contributed by atoms with Crippen LogP contribution in [-0.4, -0.2) is 36.7 Å². The molecule has 0 aliphatic carbocycles. The minimum absolute atomic E-state index is 0.232. The number of rotatable bonds is 5. The van der Waals surface area contributed by atoms with Gasteiger partial charge in [-0.25, -0.2) is 0 Å². The van der Waals surface area contributed by atoms with Crippen LogP contribution < -0.4 is 10.1 Å². The van der Waals surface area contributed by atoms with Crippen molar-refractivity contribution in [2.45, 2.75) is 58.8 Å². The molecule has 1 aliphatic heterocycles. The van der Waals surface area contributed by atoms with Crippen LogP contribution in [0.25, 0.3) is 0 Å². The van der Waals surface area contributed by atoms with Crippen molar-refractivity contribution in [1.82, 2.24) is 10.2 Å². The van der Waals surface area contributed by atoms with Crippen LogP contribution in [0.1, 0.15) is 39.7 Å². The SMILES string of the molecule is CC(C)Oc1ccc(CN[C@H]2C[C@@H](C)N(C)C[C@H]2C)cc1. The Balaban J connectivity index is 1.85. The lowest BCUT2D eigenvalue weighted by molar-refractivity contribution is 0.121. The molecule has 1 aromatic rings. The molecule has 118 valence electrons. The van der Waals surface area contributed by atoms with Gasteiger partial charge in [-0.15, -0.1) is 0 Å². The number of likely N-dealkylation sites (tertiary alicyclic amines) is 1. The highest BCUT2D eigenvalue weighted by Crippen LogP contribution is 2.21. The Morgan fingerprint density at radius 2 is 1.90 bits per heavy atom. The van der Waals surface area contributed by atoms with Crippen molar-refractivity contribution in [3.05, 3.63) is 29.8 Å². The number of piperidine rings is 1. The lowest BCUT2D eigenvalue weighted by atomic mass is 9.90. The molecule has 1 aromatic carbocycles. The maximum Gasteiger partial charge on any atom is 0.119 e. The van der Waals surface area contributed by atoms with Crippen LogP contribution in [0.5, 0.6) is 5.75 Å². The topological polar surface area (TPSA) is 24.5 Å². The molecule has 0 spiro atoms. The van der Waals surface area contributed by atoms with Crippen molar-refractivity contribution >= 4 is 0 Å². The van der Waals surface area contributed by atoms with E-state index >= 15 is 0 Å². The standard InChI is InChI=1S/C18H30N2O/c1-13(2)21-17-8-6-16(7-9-17)11-19-18-10-15(4)20(5)12-14(18)3/h6-9,13-15,18-19H,10-12H2,1-5H3/t14-,15-,18+/m1/s1. The smallest absolute Gasteiger partial charge is 0.119 e. The van der Waals surface area contributed by atoms with E-state index in [0.717, 1.165) is 12.3 Å². The van der Waals surface area contributed by atoms with Gasteiger partial charge in [-0.3, -0.25) is 0 Å². The average Bonchev–Trinajstić information content (AvgIpc) is 2.42. The molecule has 0 radical (unpaired) electrons. The van der Waals surface area contributed by atoms with Gasteiger partial charge in [0.2, 0.25) is 0 Å². The number of ether oxygens (including phenoxy) is 1. The van der Waals surface area contributed by atoms with E-state index in [1.54, 1.807) is 0 Å². The monoisotopic (exact) mass is 290 g/mol. The molecule has 2 rings (SSSR count). The molecule has 1 saturated heterocycles. The second kappa shape index (κ2) is 7.28. The van der Waals surface area contributed by atoms with Gasteiger partial charge in [0.05, 0.1) is 6.10 Å². The van der Waals surface area contributed by atoms with Crippen LogP contribution in [0.3, 0.4) is 0 Å². The first-order valence-electron chi connectivity index (χ1n) is 8.15. The third-order valence-electron chi connectivity index (χ3n) is 4.47. The fourth-order valence-electron chi connectivity index (χ4n) is 3.03. The Hall–Kier alpha value is -1.06. The minimum Gasteiger partial charge on any atom is -0.491 e. The second-order valence-corrected chi connectivity index (χ2v) is 6.80. The molecule has 3 atom stereocenters. The van der Waals surface area contributed by atoms with Gasteiger partial charge < -0.3 is 15.0 Å². The summed E-state index contributed by atoms with van der Waals surface area (Å²) < 4.78 is 5.68.